The van der Waals surface area contributed by atoms with E-state index < -0.39 is 5.41 Å². The van der Waals surface area contributed by atoms with Crippen LogP contribution in [0.4, 0.5) is 0 Å². The topological polar surface area (TPSA) is 44.2 Å². The van der Waals surface area contributed by atoms with Gasteiger partial charge in [-0.05, 0) is 79.2 Å². The number of ether oxygens (including phenoxy) is 2. The molecule has 11 aromatic rings. The summed E-state index contributed by atoms with van der Waals surface area (Å²) < 4.78 is 14.2. The summed E-state index contributed by atoms with van der Waals surface area (Å²) in [7, 11) is 0. The molecule has 1 aromatic heterocycles. The molecule has 4 heteroatoms. The number of nitrogens with zero attached hydrogens (tertiary/aromatic N) is 2. The Bertz CT molecular complexity index is 3620. The van der Waals surface area contributed by atoms with E-state index in [0.29, 0.717) is 28.8 Å². The van der Waals surface area contributed by atoms with Gasteiger partial charge in [0.2, 0.25) is 0 Å². The molecule has 65 heavy (non-hydrogen) atoms. The maximum Gasteiger partial charge on any atom is 0.178 e. The molecule has 4 nitrogen and oxygen atoms in total. The average Bonchev–Trinajstić information content (AvgIpc) is 3.70. The lowest BCUT2D eigenvalue weighted by Gasteiger charge is -2.34. The Morgan fingerprint density at radius 3 is 1.72 bits per heavy atom. The van der Waals surface area contributed by atoms with E-state index in [-0.39, 0.29) is 0 Å². The van der Waals surface area contributed by atoms with Crippen molar-refractivity contribution in [3.63, 3.8) is 0 Å². The summed E-state index contributed by atoms with van der Waals surface area (Å²) in [5.41, 5.74) is 12.8. The summed E-state index contributed by atoms with van der Waals surface area (Å²) >= 11 is 0. The lowest BCUT2D eigenvalue weighted by molar-refractivity contribution is 0.361. The first-order valence-electron chi connectivity index (χ1n) is 22.1. The first kappa shape index (κ1) is 37.0. The maximum absolute atomic E-state index is 7.31. The van der Waals surface area contributed by atoms with Gasteiger partial charge in [-0.2, -0.15) is 0 Å². The molecular weight excluding hydrogens is 793 g/mol. The van der Waals surface area contributed by atoms with Crippen LogP contribution in [0.1, 0.15) is 22.3 Å². The lowest BCUT2D eigenvalue weighted by Crippen LogP contribution is -2.28. The Kier molecular flexibility index (Phi) is 8.40. The van der Waals surface area contributed by atoms with Gasteiger partial charge in [0.1, 0.15) is 0 Å². The predicted octanol–water partition coefficient (Wildman–Crippen LogP) is 15.7. The highest BCUT2D eigenvalue weighted by Crippen LogP contribution is 2.63. The van der Waals surface area contributed by atoms with Crippen LogP contribution in [0.3, 0.4) is 0 Å². The van der Waals surface area contributed by atoms with Gasteiger partial charge in [0.25, 0.3) is 0 Å². The number of hydrogen-bond acceptors (Lipinski definition) is 4. The quantitative estimate of drug-likeness (QED) is 0.157. The summed E-state index contributed by atoms with van der Waals surface area (Å²) in [6.45, 7) is 0. The van der Waals surface area contributed by atoms with Crippen LogP contribution in [-0.2, 0) is 5.41 Å². The Balaban J connectivity index is 0.974. The van der Waals surface area contributed by atoms with E-state index >= 15 is 0 Å². The fourth-order valence-corrected chi connectivity index (χ4v) is 10.4. The Labute approximate surface area is 376 Å². The largest absolute Gasteiger partial charge is 0.449 e. The van der Waals surface area contributed by atoms with Crippen molar-refractivity contribution in [1.29, 1.82) is 0 Å². The highest BCUT2D eigenvalue weighted by Gasteiger charge is 2.48. The third-order valence-electron chi connectivity index (χ3n) is 13.2. The monoisotopic (exact) mass is 830 g/mol. The van der Waals surface area contributed by atoms with Gasteiger partial charge in [-0.15, -0.1) is 0 Å². The molecule has 2 aliphatic rings. The SMILES string of the molecule is c1ccc(-c2cc(-c3ccc4c(ccc5ccccc54)c3)nc(-c3ccccc3-c3cccc4c3Oc3c(ccc5c3-c3ccccc3C5(c3ccccc3)c3ccccc3)O4)n2)cc1. The molecule has 0 saturated heterocycles. The number of fused-ring (bicyclic) bond motifs is 9. The van der Waals surface area contributed by atoms with E-state index in [0.717, 1.165) is 61.3 Å². The minimum atomic E-state index is -0.573. The molecule has 10 aromatic carbocycles. The summed E-state index contributed by atoms with van der Waals surface area (Å²) in [6.07, 6.45) is 0. The molecule has 13 rings (SSSR count). The second-order valence-corrected chi connectivity index (χ2v) is 16.8. The van der Waals surface area contributed by atoms with Gasteiger partial charge < -0.3 is 9.47 Å². The van der Waals surface area contributed by atoms with Crippen LogP contribution < -0.4 is 9.47 Å². The van der Waals surface area contributed by atoms with Crippen LogP contribution in [0.15, 0.2) is 231 Å². The molecule has 0 fully saturated rings. The minimum Gasteiger partial charge on any atom is -0.449 e. The lowest BCUT2D eigenvalue weighted by atomic mass is 9.68. The van der Waals surface area contributed by atoms with Crippen molar-refractivity contribution >= 4 is 21.5 Å². The molecule has 304 valence electrons. The molecule has 0 unspecified atom stereocenters. The van der Waals surface area contributed by atoms with Crippen molar-refractivity contribution in [2.45, 2.75) is 5.41 Å². The molecular formula is C61H38N2O2. The summed E-state index contributed by atoms with van der Waals surface area (Å²) in [5, 5.41) is 4.84. The van der Waals surface area contributed by atoms with Crippen LogP contribution in [-0.4, -0.2) is 9.97 Å². The number of benzene rings is 10. The van der Waals surface area contributed by atoms with Crippen LogP contribution in [0.5, 0.6) is 23.0 Å². The number of hydrogen-bond donors (Lipinski definition) is 0. The average molecular weight is 831 g/mol. The number of rotatable bonds is 6. The second-order valence-electron chi connectivity index (χ2n) is 16.8. The third-order valence-corrected chi connectivity index (χ3v) is 13.2. The summed E-state index contributed by atoms with van der Waals surface area (Å²) in [4.78, 5) is 10.7. The highest BCUT2D eigenvalue weighted by molar-refractivity contribution is 6.08. The zero-order valence-electron chi connectivity index (χ0n) is 35.2. The van der Waals surface area contributed by atoms with Crippen molar-refractivity contribution in [2.24, 2.45) is 0 Å². The predicted molar refractivity (Wildman–Crippen MR) is 263 cm³/mol. The van der Waals surface area contributed by atoms with Gasteiger partial charge in [-0.3, -0.25) is 0 Å². The molecule has 0 N–H and O–H groups in total. The molecule has 0 saturated carbocycles. The van der Waals surface area contributed by atoms with Crippen LogP contribution >= 0.6 is 0 Å². The van der Waals surface area contributed by atoms with Gasteiger partial charge in [-0.1, -0.05) is 206 Å². The van der Waals surface area contributed by atoms with Crippen molar-refractivity contribution in [1.82, 2.24) is 9.97 Å². The van der Waals surface area contributed by atoms with E-state index in [4.69, 9.17) is 19.4 Å². The maximum atomic E-state index is 7.31. The van der Waals surface area contributed by atoms with Crippen molar-refractivity contribution in [3.05, 3.63) is 253 Å². The molecule has 1 aliphatic heterocycles. The van der Waals surface area contributed by atoms with E-state index in [2.05, 4.69) is 212 Å². The zero-order valence-corrected chi connectivity index (χ0v) is 35.2. The first-order chi connectivity index (χ1) is 32.2. The minimum absolute atomic E-state index is 0.573. The van der Waals surface area contributed by atoms with Crippen LogP contribution in [0, 0.1) is 0 Å². The fraction of sp³-hybridized carbons (Fsp3) is 0.0164. The Morgan fingerprint density at radius 1 is 0.338 bits per heavy atom. The number of para-hydroxylation sites is 1. The number of aromatic nitrogens is 2. The van der Waals surface area contributed by atoms with E-state index in [1.165, 1.54) is 32.8 Å². The van der Waals surface area contributed by atoms with E-state index in [9.17, 15) is 0 Å². The molecule has 2 heterocycles. The fourth-order valence-electron chi connectivity index (χ4n) is 10.4. The van der Waals surface area contributed by atoms with Crippen LogP contribution in [0.2, 0.25) is 0 Å². The van der Waals surface area contributed by atoms with E-state index in [1.54, 1.807) is 0 Å². The van der Waals surface area contributed by atoms with Gasteiger partial charge in [0, 0.05) is 27.8 Å². The molecule has 0 spiro atoms. The molecule has 0 radical (unpaired) electrons. The third kappa shape index (κ3) is 5.77. The van der Waals surface area contributed by atoms with Crippen molar-refractivity contribution in [3.8, 4) is 79.2 Å². The van der Waals surface area contributed by atoms with E-state index in [1.807, 2.05) is 18.2 Å². The zero-order chi connectivity index (χ0) is 42.9. The Morgan fingerprint density at radius 2 is 0.938 bits per heavy atom. The van der Waals surface area contributed by atoms with Crippen molar-refractivity contribution in [2.75, 3.05) is 0 Å². The van der Waals surface area contributed by atoms with Gasteiger partial charge in [-0.25, -0.2) is 9.97 Å². The second kappa shape index (κ2) is 14.8. The Hall–Kier alpha value is -8.60. The normalized spacial score (nSPS) is 13.0. The van der Waals surface area contributed by atoms with Gasteiger partial charge in [0.05, 0.1) is 16.8 Å². The van der Waals surface area contributed by atoms with Crippen LogP contribution in [0.25, 0.3) is 77.7 Å². The molecule has 0 atom stereocenters. The first-order valence-corrected chi connectivity index (χ1v) is 22.1. The van der Waals surface area contributed by atoms with Gasteiger partial charge >= 0.3 is 0 Å². The summed E-state index contributed by atoms with van der Waals surface area (Å²) in [5.74, 6) is 3.30. The molecule has 1 aliphatic carbocycles. The van der Waals surface area contributed by atoms with Crippen molar-refractivity contribution < 1.29 is 9.47 Å². The highest BCUT2D eigenvalue weighted by atomic mass is 16.6. The van der Waals surface area contributed by atoms with Gasteiger partial charge in [0.15, 0.2) is 28.8 Å². The summed E-state index contributed by atoms with van der Waals surface area (Å²) in [6, 6.07) is 81.2. The molecule has 0 bridgehead atoms. The standard InChI is InChI=1S/C61H38N2O2/c1-4-18-40(19-5-1)53-38-54(42-33-34-46-41(37-42)32-31-39-17-10-11-24-45(39)46)63-60(62-53)49-26-13-12-25-47(49)48-28-16-30-55-58(48)65-59-56(64-55)36-35-52-57(59)50-27-14-15-29-51(50)61(52,43-20-6-2-7-21-43)44-22-8-3-9-23-44/h1-38H. The molecule has 0 amide bonds. The smallest absolute Gasteiger partial charge is 0.178 e.